The lowest BCUT2D eigenvalue weighted by Gasteiger charge is -2.18. The highest BCUT2D eigenvalue weighted by atomic mass is 16.5. The third-order valence-corrected chi connectivity index (χ3v) is 3.58. The van der Waals surface area contributed by atoms with Gasteiger partial charge in [-0.05, 0) is 17.7 Å². The topological polar surface area (TPSA) is 97.8 Å². The van der Waals surface area contributed by atoms with Crippen LogP contribution in [0.1, 0.15) is 5.56 Å². The fourth-order valence-corrected chi connectivity index (χ4v) is 2.25. The molecule has 0 atom stereocenters. The Labute approximate surface area is 158 Å². The average molecular weight is 375 g/mol. The molecule has 2 amide bonds. The maximum absolute atomic E-state index is 12.3. The number of carbonyl (C=O) groups excluding carboxylic acids is 1. The predicted molar refractivity (Wildman–Crippen MR) is 103 cm³/mol. The molecule has 9 heteroatoms. The second-order valence-corrected chi connectivity index (χ2v) is 5.77. The number of carbonyl (C=O) groups is 1. The summed E-state index contributed by atoms with van der Waals surface area (Å²) in [5.74, 6) is 1.60. The number of methoxy groups -OCH3 is 2. The van der Waals surface area contributed by atoms with Crippen molar-refractivity contribution < 1.29 is 19.0 Å². The van der Waals surface area contributed by atoms with Gasteiger partial charge in [0.05, 0.1) is 13.7 Å². The number of urea groups is 1. The van der Waals surface area contributed by atoms with Gasteiger partial charge in [-0.2, -0.15) is 4.98 Å². The highest BCUT2D eigenvalue weighted by molar-refractivity contribution is 5.94. The Morgan fingerprint density at radius 1 is 1.11 bits per heavy atom. The van der Waals surface area contributed by atoms with Crippen LogP contribution in [0.4, 0.5) is 16.3 Å². The summed E-state index contributed by atoms with van der Waals surface area (Å²) in [6, 6.07) is 7.09. The zero-order valence-electron chi connectivity index (χ0n) is 16.0. The number of rotatable bonds is 9. The van der Waals surface area contributed by atoms with E-state index in [2.05, 4.69) is 20.6 Å². The van der Waals surface area contributed by atoms with Gasteiger partial charge in [0.25, 0.3) is 0 Å². The molecule has 0 aliphatic heterocycles. The standard InChI is InChI=1S/C18H25N5O4/c1-23(2)16-15(17(26-4)21-12-20-16)22-18(24)19-11-13-5-7-14(8-6-13)27-10-9-25-3/h5-8,12H,9-11H2,1-4H3,(H2,19,22,24). The number of amides is 2. The normalized spacial score (nSPS) is 10.2. The minimum absolute atomic E-state index is 0.293. The lowest BCUT2D eigenvalue weighted by molar-refractivity contribution is 0.146. The molecule has 146 valence electrons. The maximum atomic E-state index is 12.3. The van der Waals surface area contributed by atoms with E-state index in [-0.39, 0.29) is 6.03 Å². The van der Waals surface area contributed by atoms with Crippen molar-refractivity contribution in [2.45, 2.75) is 6.54 Å². The summed E-state index contributed by atoms with van der Waals surface area (Å²) in [5, 5.41) is 5.54. The van der Waals surface area contributed by atoms with E-state index in [1.807, 2.05) is 38.4 Å². The molecule has 0 spiro atoms. The van der Waals surface area contributed by atoms with Crippen LogP contribution in [0.15, 0.2) is 30.6 Å². The van der Waals surface area contributed by atoms with Crippen molar-refractivity contribution in [2.75, 3.05) is 51.7 Å². The lowest BCUT2D eigenvalue weighted by atomic mass is 10.2. The van der Waals surface area contributed by atoms with Crippen molar-refractivity contribution >= 4 is 17.5 Å². The number of aromatic nitrogens is 2. The fraction of sp³-hybridized carbons (Fsp3) is 0.389. The van der Waals surface area contributed by atoms with Gasteiger partial charge in [0.1, 0.15) is 24.4 Å². The molecule has 0 radical (unpaired) electrons. The lowest BCUT2D eigenvalue weighted by Crippen LogP contribution is -2.29. The van der Waals surface area contributed by atoms with Crippen LogP contribution in [-0.2, 0) is 11.3 Å². The van der Waals surface area contributed by atoms with E-state index in [4.69, 9.17) is 14.2 Å². The summed E-state index contributed by atoms with van der Waals surface area (Å²) < 4.78 is 15.7. The number of benzene rings is 1. The van der Waals surface area contributed by atoms with Crippen molar-refractivity contribution in [3.05, 3.63) is 36.2 Å². The number of ether oxygens (including phenoxy) is 3. The van der Waals surface area contributed by atoms with Crippen LogP contribution in [0.5, 0.6) is 11.6 Å². The molecule has 1 aromatic carbocycles. The van der Waals surface area contributed by atoms with E-state index in [1.165, 1.54) is 13.4 Å². The summed E-state index contributed by atoms with van der Waals surface area (Å²) in [5.41, 5.74) is 1.35. The quantitative estimate of drug-likeness (QED) is 0.646. The van der Waals surface area contributed by atoms with Gasteiger partial charge in [0.2, 0.25) is 5.88 Å². The van der Waals surface area contributed by atoms with Gasteiger partial charge in [-0.15, -0.1) is 0 Å². The van der Waals surface area contributed by atoms with Gasteiger partial charge in [0.15, 0.2) is 5.82 Å². The third-order valence-electron chi connectivity index (χ3n) is 3.58. The SMILES string of the molecule is COCCOc1ccc(CNC(=O)Nc2c(OC)ncnc2N(C)C)cc1. The Kier molecular flexibility index (Phi) is 7.63. The summed E-state index contributed by atoms with van der Waals surface area (Å²) in [6.45, 7) is 1.38. The third kappa shape index (κ3) is 6.00. The first-order valence-electron chi connectivity index (χ1n) is 8.37. The first-order chi connectivity index (χ1) is 13.0. The summed E-state index contributed by atoms with van der Waals surface area (Å²) >= 11 is 0. The van der Waals surface area contributed by atoms with Crippen LogP contribution in [0.2, 0.25) is 0 Å². The Bertz CT molecular complexity index is 737. The van der Waals surface area contributed by atoms with Crippen LogP contribution >= 0.6 is 0 Å². The molecule has 0 fully saturated rings. The minimum Gasteiger partial charge on any atom is -0.491 e. The Hall–Kier alpha value is -3.07. The number of nitrogens with zero attached hydrogens (tertiary/aromatic N) is 3. The molecule has 0 saturated carbocycles. The van der Waals surface area contributed by atoms with E-state index in [9.17, 15) is 4.79 Å². The smallest absolute Gasteiger partial charge is 0.319 e. The van der Waals surface area contributed by atoms with E-state index in [1.54, 1.807) is 12.0 Å². The average Bonchev–Trinajstić information content (AvgIpc) is 2.67. The molecular weight excluding hydrogens is 350 g/mol. The maximum Gasteiger partial charge on any atom is 0.319 e. The molecule has 1 heterocycles. The minimum atomic E-state index is -0.383. The molecule has 0 saturated heterocycles. The second-order valence-electron chi connectivity index (χ2n) is 5.77. The van der Waals surface area contributed by atoms with Gasteiger partial charge in [0, 0.05) is 27.7 Å². The van der Waals surface area contributed by atoms with Crippen LogP contribution in [0.25, 0.3) is 0 Å². The van der Waals surface area contributed by atoms with Crippen LogP contribution in [0, 0.1) is 0 Å². The molecule has 2 aromatic rings. The molecule has 9 nitrogen and oxygen atoms in total. The molecule has 1 aromatic heterocycles. The first kappa shape index (κ1) is 20.2. The largest absolute Gasteiger partial charge is 0.491 e. The van der Waals surface area contributed by atoms with Crippen molar-refractivity contribution in [2.24, 2.45) is 0 Å². The van der Waals surface area contributed by atoms with E-state index >= 15 is 0 Å². The molecule has 2 N–H and O–H groups in total. The highest BCUT2D eigenvalue weighted by Crippen LogP contribution is 2.29. The summed E-state index contributed by atoms with van der Waals surface area (Å²) in [6.07, 6.45) is 1.38. The van der Waals surface area contributed by atoms with Crippen molar-refractivity contribution in [3.63, 3.8) is 0 Å². The van der Waals surface area contributed by atoms with E-state index in [0.717, 1.165) is 11.3 Å². The van der Waals surface area contributed by atoms with E-state index < -0.39 is 0 Å². The van der Waals surface area contributed by atoms with Crippen molar-refractivity contribution in [3.8, 4) is 11.6 Å². The monoisotopic (exact) mass is 375 g/mol. The van der Waals surface area contributed by atoms with Gasteiger partial charge in [-0.25, -0.2) is 9.78 Å². The molecule has 0 aliphatic rings. The predicted octanol–water partition coefficient (Wildman–Crippen LogP) is 1.90. The zero-order valence-corrected chi connectivity index (χ0v) is 16.0. The molecule has 0 unspecified atom stereocenters. The highest BCUT2D eigenvalue weighted by Gasteiger charge is 2.16. The fourth-order valence-electron chi connectivity index (χ4n) is 2.25. The van der Waals surface area contributed by atoms with Gasteiger partial charge >= 0.3 is 6.03 Å². The number of hydrogen-bond donors (Lipinski definition) is 2. The summed E-state index contributed by atoms with van der Waals surface area (Å²) in [7, 11) is 6.76. The van der Waals surface area contributed by atoms with Crippen LogP contribution in [-0.4, -0.2) is 57.5 Å². The van der Waals surface area contributed by atoms with Gasteiger partial charge in [-0.3, -0.25) is 0 Å². The van der Waals surface area contributed by atoms with Crippen LogP contribution < -0.4 is 25.0 Å². The second kappa shape index (κ2) is 10.2. The molecule has 2 rings (SSSR count). The van der Waals surface area contributed by atoms with Crippen molar-refractivity contribution in [1.82, 2.24) is 15.3 Å². The summed E-state index contributed by atoms with van der Waals surface area (Å²) in [4.78, 5) is 22.2. The van der Waals surface area contributed by atoms with Crippen molar-refractivity contribution in [1.29, 1.82) is 0 Å². The zero-order chi connectivity index (χ0) is 19.6. The van der Waals surface area contributed by atoms with Crippen LogP contribution in [0.3, 0.4) is 0 Å². The molecule has 27 heavy (non-hydrogen) atoms. The molecule has 0 aliphatic carbocycles. The Morgan fingerprint density at radius 3 is 2.48 bits per heavy atom. The Balaban J connectivity index is 1.93. The number of nitrogens with one attached hydrogen (secondary N) is 2. The number of hydrogen-bond acceptors (Lipinski definition) is 7. The molecule has 0 bridgehead atoms. The molecular formula is C18H25N5O4. The van der Waals surface area contributed by atoms with Gasteiger partial charge in [-0.1, -0.05) is 12.1 Å². The Morgan fingerprint density at radius 2 is 1.85 bits per heavy atom. The van der Waals surface area contributed by atoms with Gasteiger partial charge < -0.3 is 29.7 Å². The first-order valence-corrected chi connectivity index (χ1v) is 8.37. The van der Waals surface area contributed by atoms with E-state index in [0.29, 0.717) is 37.1 Å². The number of anilines is 2.